The van der Waals surface area contributed by atoms with Gasteiger partial charge in [-0.25, -0.2) is 0 Å². The average Bonchev–Trinajstić information content (AvgIpc) is 2.52. The molecule has 1 atom stereocenters. The van der Waals surface area contributed by atoms with Gasteiger partial charge in [-0.15, -0.1) is 0 Å². The molecule has 22 heavy (non-hydrogen) atoms. The Morgan fingerprint density at radius 2 is 2.14 bits per heavy atom. The zero-order valence-corrected chi connectivity index (χ0v) is 13.3. The van der Waals surface area contributed by atoms with E-state index >= 15 is 0 Å². The summed E-state index contributed by atoms with van der Waals surface area (Å²) in [4.78, 5) is 12.6. The number of thiocarbonyl (C=S) groups is 1. The van der Waals surface area contributed by atoms with Gasteiger partial charge in [0.15, 0.2) is 0 Å². The first-order valence-corrected chi connectivity index (χ1v) is 7.59. The first-order valence-electron chi connectivity index (χ1n) is 7.19. The van der Waals surface area contributed by atoms with Gasteiger partial charge in [-0.1, -0.05) is 24.4 Å². The van der Waals surface area contributed by atoms with Crippen molar-refractivity contribution in [3.8, 4) is 6.07 Å². The maximum atomic E-state index is 12.0. The number of benzene rings is 1. The maximum Gasteiger partial charge on any atom is 0.249 e. The number of hydrogen-bond donors (Lipinski definition) is 1. The summed E-state index contributed by atoms with van der Waals surface area (Å²) in [5, 5.41) is 11.6. The standard InChI is InChI=1S/C17H18N2O2S/c1-21-9-8-14-6-7-15(10-16(20)19-17(14)22)13-4-2-12(11-18)3-5-13/h2-5,10,14H,6-9H2,1H3,(H,19,20,22)/b15-10+. The van der Waals surface area contributed by atoms with Crippen molar-refractivity contribution in [2.24, 2.45) is 5.92 Å². The lowest BCUT2D eigenvalue weighted by Crippen LogP contribution is -2.35. The second-order valence-electron chi connectivity index (χ2n) is 5.23. The molecule has 5 heteroatoms. The molecule has 1 aliphatic heterocycles. The van der Waals surface area contributed by atoms with Gasteiger partial charge < -0.3 is 10.1 Å². The number of rotatable bonds is 4. The first-order chi connectivity index (χ1) is 10.6. The minimum absolute atomic E-state index is 0.140. The van der Waals surface area contributed by atoms with Gasteiger partial charge in [0.2, 0.25) is 5.91 Å². The fraction of sp³-hybridized carbons (Fsp3) is 0.353. The third-order valence-electron chi connectivity index (χ3n) is 3.74. The number of nitriles is 1. The normalized spacial score (nSPS) is 21.1. The maximum absolute atomic E-state index is 12.0. The van der Waals surface area contributed by atoms with Crippen molar-refractivity contribution >= 4 is 28.7 Å². The molecule has 0 saturated heterocycles. The van der Waals surface area contributed by atoms with E-state index in [1.54, 1.807) is 25.3 Å². The molecule has 0 spiro atoms. The van der Waals surface area contributed by atoms with Crippen LogP contribution in [0.2, 0.25) is 0 Å². The quantitative estimate of drug-likeness (QED) is 0.868. The van der Waals surface area contributed by atoms with Crippen molar-refractivity contribution in [1.82, 2.24) is 5.32 Å². The molecule has 114 valence electrons. The molecule has 0 aliphatic carbocycles. The highest BCUT2D eigenvalue weighted by atomic mass is 32.1. The van der Waals surface area contributed by atoms with Crippen LogP contribution < -0.4 is 5.32 Å². The molecule has 1 N–H and O–H groups in total. The number of ether oxygens (including phenoxy) is 1. The molecular weight excluding hydrogens is 296 g/mol. The molecule has 1 aromatic carbocycles. The number of amides is 1. The van der Waals surface area contributed by atoms with Crippen LogP contribution in [0, 0.1) is 17.2 Å². The van der Waals surface area contributed by atoms with Crippen molar-refractivity contribution in [3.05, 3.63) is 41.5 Å². The highest BCUT2D eigenvalue weighted by Gasteiger charge is 2.20. The number of nitrogens with one attached hydrogen (secondary N) is 1. The van der Waals surface area contributed by atoms with Crippen molar-refractivity contribution in [3.63, 3.8) is 0 Å². The van der Waals surface area contributed by atoms with Crippen LogP contribution >= 0.6 is 12.2 Å². The third-order valence-corrected chi connectivity index (χ3v) is 4.18. The van der Waals surface area contributed by atoms with E-state index in [4.69, 9.17) is 22.2 Å². The molecule has 1 amide bonds. The predicted molar refractivity (Wildman–Crippen MR) is 89.1 cm³/mol. The fourth-order valence-corrected chi connectivity index (χ4v) is 2.81. The molecule has 2 rings (SSSR count). The lowest BCUT2D eigenvalue weighted by molar-refractivity contribution is -0.115. The van der Waals surface area contributed by atoms with E-state index in [9.17, 15) is 4.79 Å². The molecule has 1 aromatic rings. The Kier molecular flexibility index (Phi) is 5.82. The highest BCUT2D eigenvalue weighted by Crippen LogP contribution is 2.26. The number of methoxy groups -OCH3 is 1. The van der Waals surface area contributed by atoms with E-state index in [2.05, 4.69) is 11.4 Å². The SMILES string of the molecule is COCCC1CC/C(c2ccc(C#N)cc2)=C\C(=O)NC1=S. The number of carbonyl (C=O) groups is 1. The van der Waals surface area contributed by atoms with Gasteiger partial charge in [-0.3, -0.25) is 4.79 Å². The van der Waals surface area contributed by atoms with Crippen LogP contribution in [0.1, 0.15) is 30.4 Å². The molecule has 1 aliphatic rings. The van der Waals surface area contributed by atoms with Gasteiger partial charge in [0.25, 0.3) is 0 Å². The fourth-order valence-electron chi connectivity index (χ4n) is 2.47. The number of carbonyl (C=O) groups excluding carboxylic acids is 1. The Hall–Kier alpha value is -2.03. The summed E-state index contributed by atoms with van der Waals surface area (Å²) in [6.45, 7) is 0.622. The molecule has 0 fully saturated rings. The van der Waals surface area contributed by atoms with E-state index < -0.39 is 0 Å². The Labute approximate surface area is 135 Å². The van der Waals surface area contributed by atoms with E-state index in [-0.39, 0.29) is 11.8 Å². The Morgan fingerprint density at radius 3 is 2.77 bits per heavy atom. The molecule has 0 aromatic heterocycles. The van der Waals surface area contributed by atoms with E-state index in [1.807, 2.05) is 12.1 Å². The predicted octanol–water partition coefficient (Wildman–Crippen LogP) is 2.83. The minimum atomic E-state index is -0.188. The zero-order valence-electron chi connectivity index (χ0n) is 12.5. The summed E-state index contributed by atoms with van der Waals surface area (Å²) in [7, 11) is 1.66. The summed E-state index contributed by atoms with van der Waals surface area (Å²) in [5.41, 5.74) is 2.54. The van der Waals surface area contributed by atoms with Crippen LogP contribution in [0.15, 0.2) is 30.3 Å². The van der Waals surface area contributed by atoms with Crippen LogP contribution in [-0.4, -0.2) is 24.6 Å². The Morgan fingerprint density at radius 1 is 1.41 bits per heavy atom. The second-order valence-corrected chi connectivity index (χ2v) is 5.67. The summed E-state index contributed by atoms with van der Waals surface area (Å²) in [6, 6.07) is 9.38. The summed E-state index contributed by atoms with van der Waals surface area (Å²) >= 11 is 5.30. The molecule has 0 saturated carbocycles. The van der Waals surface area contributed by atoms with Gasteiger partial charge in [0, 0.05) is 25.7 Å². The van der Waals surface area contributed by atoms with Gasteiger partial charge in [-0.2, -0.15) is 5.26 Å². The summed E-state index contributed by atoms with van der Waals surface area (Å²) < 4.78 is 5.11. The molecule has 0 radical (unpaired) electrons. The van der Waals surface area contributed by atoms with Crippen molar-refractivity contribution in [2.75, 3.05) is 13.7 Å². The summed E-state index contributed by atoms with van der Waals surface area (Å²) in [6.07, 6.45) is 4.04. The summed E-state index contributed by atoms with van der Waals surface area (Å²) in [5.74, 6) is -0.0486. The topological polar surface area (TPSA) is 62.1 Å². The highest BCUT2D eigenvalue weighted by molar-refractivity contribution is 7.80. The Bertz CT molecular complexity index is 629. The van der Waals surface area contributed by atoms with Crippen molar-refractivity contribution in [2.45, 2.75) is 19.3 Å². The smallest absolute Gasteiger partial charge is 0.249 e. The largest absolute Gasteiger partial charge is 0.385 e. The molecule has 0 bridgehead atoms. The van der Waals surface area contributed by atoms with Crippen molar-refractivity contribution in [1.29, 1.82) is 5.26 Å². The minimum Gasteiger partial charge on any atom is -0.385 e. The molecule has 4 nitrogen and oxygen atoms in total. The van der Waals surface area contributed by atoms with Crippen LogP contribution in [0.5, 0.6) is 0 Å². The van der Waals surface area contributed by atoms with Gasteiger partial charge in [0.05, 0.1) is 16.6 Å². The molecule has 1 unspecified atom stereocenters. The average molecular weight is 314 g/mol. The van der Waals surface area contributed by atoms with E-state index in [0.29, 0.717) is 17.2 Å². The van der Waals surface area contributed by atoms with Crippen LogP contribution in [0.25, 0.3) is 5.57 Å². The monoisotopic (exact) mass is 314 g/mol. The second kappa shape index (κ2) is 7.83. The van der Waals surface area contributed by atoms with Gasteiger partial charge in [-0.05, 0) is 42.5 Å². The number of hydrogen-bond acceptors (Lipinski definition) is 4. The first kappa shape index (κ1) is 16.3. The Balaban J connectivity index is 2.19. The van der Waals surface area contributed by atoms with Gasteiger partial charge >= 0.3 is 0 Å². The van der Waals surface area contributed by atoms with E-state index in [0.717, 1.165) is 30.4 Å². The lowest BCUT2D eigenvalue weighted by atomic mass is 9.91. The van der Waals surface area contributed by atoms with Gasteiger partial charge in [0.1, 0.15) is 0 Å². The zero-order chi connectivity index (χ0) is 15.9. The molecular formula is C17H18N2O2S. The number of nitrogens with zero attached hydrogens (tertiary/aromatic N) is 1. The van der Waals surface area contributed by atoms with Crippen LogP contribution in [0.3, 0.4) is 0 Å². The third kappa shape index (κ3) is 4.23. The number of allylic oxidation sites excluding steroid dienone is 1. The van der Waals surface area contributed by atoms with Crippen LogP contribution in [0.4, 0.5) is 0 Å². The molecule has 1 heterocycles. The van der Waals surface area contributed by atoms with Crippen LogP contribution in [-0.2, 0) is 9.53 Å². The lowest BCUT2D eigenvalue weighted by Gasteiger charge is -2.21. The van der Waals surface area contributed by atoms with Crippen molar-refractivity contribution < 1.29 is 9.53 Å². The van der Waals surface area contributed by atoms with E-state index in [1.165, 1.54) is 0 Å².